The van der Waals surface area contributed by atoms with Crippen LogP contribution in [0.3, 0.4) is 0 Å². The highest BCUT2D eigenvalue weighted by molar-refractivity contribution is 6.63. The molecule has 1 N–H and O–H groups in total. The lowest BCUT2D eigenvalue weighted by Gasteiger charge is -1.97. The highest BCUT2D eigenvalue weighted by Gasteiger charge is 1.98. The lowest BCUT2D eigenvalue weighted by atomic mass is 10.1. The summed E-state index contributed by atoms with van der Waals surface area (Å²) in [7, 11) is 0. The van der Waals surface area contributed by atoms with Gasteiger partial charge in [0.1, 0.15) is 0 Å². The molecule has 76 valence electrons. The molecule has 0 saturated carbocycles. The maximum Gasteiger partial charge on any atom is 0.303 e. The van der Waals surface area contributed by atoms with Crippen LogP contribution in [0.1, 0.15) is 44.9 Å². The van der Waals surface area contributed by atoms with E-state index in [9.17, 15) is 9.59 Å². The number of hydrogen-bond donors (Lipinski definition) is 1. The lowest BCUT2D eigenvalue weighted by Crippen LogP contribution is -1.93. The van der Waals surface area contributed by atoms with Gasteiger partial charge in [-0.3, -0.25) is 9.59 Å². The molecule has 0 radical (unpaired) electrons. The number of halogens is 1. The van der Waals surface area contributed by atoms with Crippen molar-refractivity contribution < 1.29 is 14.7 Å². The quantitative estimate of drug-likeness (QED) is 0.491. The second kappa shape index (κ2) is 8.05. The summed E-state index contributed by atoms with van der Waals surface area (Å²) in [5, 5.41) is 8.04. The van der Waals surface area contributed by atoms with Gasteiger partial charge in [-0.25, -0.2) is 0 Å². The van der Waals surface area contributed by atoms with E-state index in [4.69, 9.17) is 16.7 Å². The first-order chi connectivity index (χ1) is 6.13. The third-order valence-electron chi connectivity index (χ3n) is 1.76. The molecule has 4 heteroatoms. The number of carboxylic acid groups (broad SMARTS) is 1. The minimum absolute atomic E-state index is 0.244. The van der Waals surface area contributed by atoms with Crippen molar-refractivity contribution >= 4 is 22.8 Å². The van der Waals surface area contributed by atoms with E-state index in [1.807, 2.05) is 0 Å². The van der Waals surface area contributed by atoms with Gasteiger partial charge in [0.15, 0.2) is 0 Å². The Morgan fingerprint density at radius 1 is 0.923 bits per heavy atom. The Labute approximate surface area is 83.1 Å². The van der Waals surface area contributed by atoms with Crippen LogP contribution in [0.4, 0.5) is 0 Å². The zero-order valence-electron chi connectivity index (χ0n) is 7.59. The van der Waals surface area contributed by atoms with Crippen LogP contribution in [0.25, 0.3) is 0 Å². The predicted octanol–water partition coefficient (Wildman–Crippen LogP) is 2.57. The fraction of sp³-hybridized carbons (Fsp3) is 0.778. The summed E-state index contributed by atoms with van der Waals surface area (Å²) in [6, 6.07) is 0. The minimum atomic E-state index is -0.740. The largest absolute Gasteiger partial charge is 0.481 e. The highest BCUT2D eigenvalue weighted by atomic mass is 35.5. The number of rotatable bonds is 8. The van der Waals surface area contributed by atoms with Gasteiger partial charge < -0.3 is 5.11 Å². The van der Waals surface area contributed by atoms with Gasteiger partial charge in [-0.1, -0.05) is 19.3 Å². The highest BCUT2D eigenvalue weighted by Crippen LogP contribution is 2.07. The van der Waals surface area contributed by atoms with Crippen molar-refractivity contribution in [2.75, 3.05) is 0 Å². The fourth-order valence-electron chi connectivity index (χ4n) is 1.07. The van der Waals surface area contributed by atoms with Gasteiger partial charge in [-0.2, -0.15) is 0 Å². The number of carboxylic acids is 1. The van der Waals surface area contributed by atoms with Crippen molar-refractivity contribution in [3.05, 3.63) is 0 Å². The molecule has 0 heterocycles. The van der Waals surface area contributed by atoms with Gasteiger partial charge in [0.05, 0.1) is 0 Å². The number of aliphatic carboxylic acids is 1. The topological polar surface area (TPSA) is 54.4 Å². The van der Waals surface area contributed by atoms with Crippen LogP contribution in [-0.4, -0.2) is 16.3 Å². The Hall–Kier alpha value is -0.570. The summed E-state index contributed by atoms with van der Waals surface area (Å²) >= 11 is 5.14. The van der Waals surface area contributed by atoms with E-state index < -0.39 is 5.97 Å². The molecule has 0 aliphatic heterocycles. The van der Waals surface area contributed by atoms with Crippen LogP contribution < -0.4 is 0 Å². The SMILES string of the molecule is O=C(O)CCCCCCCC(=O)Cl. The summed E-state index contributed by atoms with van der Waals surface area (Å²) in [6.45, 7) is 0. The van der Waals surface area contributed by atoms with Crippen LogP contribution >= 0.6 is 11.6 Å². The van der Waals surface area contributed by atoms with E-state index in [1.54, 1.807) is 0 Å². The third-order valence-corrected chi connectivity index (χ3v) is 1.95. The van der Waals surface area contributed by atoms with Crippen molar-refractivity contribution in [3.8, 4) is 0 Å². The molecule has 0 aromatic rings. The molecule has 0 amide bonds. The van der Waals surface area contributed by atoms with E-state index >= 15 is 0 Å². The molecule has 0 unspecified atom stereocenters. The predicted molar refractivity (Wildman–Crippen MR) is 50.8 cm³/mol. The number of unbranched alkanes of at least 4 members (excludes halogenated alkanes) is 4. The average Bonchev–Trinajstić information content (AvgIpc) is 2.01. The maximum absolute atomic E-state index is 10.3. The summed E-state index contributed by atoms with van der Waals surface area (Å²) < 4.78 is 0. The third kappa shape index (κ3) is 11.4. The molecular formula is C9H15ClO3. The Kier molecular flexibility index (Phi) is 7.69. The van der Waals surface area contributed by atoms with Crippen LogP contribution in [0.15, 0.2) is 0 Å². The lowest BCUT2D eigenvalue weighted by molar-refractivity contribution is -0.137. The first-order valence-electron chi connectivity index (χ1n) is 4.53. The molecule has 0 aromatic heterocycles. The van der Waals surface area contributed by atoms with Gasteiger partial charge in [0, 0.05) is 12.8 Å². The Morgan fingerprint density at radius 3 is 1.85 bits per heavy atom. The molecule has 3 nitrogen and oxygen atoms in total. The summed E-state index contributed by atoms with van der Waals surface area (Å²) in [4.78, 5) is 20.4. The van der Waals surface area contributed by atoms with Crippen molar-refractivity contribution in [3.63, 3.8) is 0 Å². The first-order valence-corrected chi connectivity index (χ1v) is 4.91. The Morgan fingerprint density at radius 2 is 1.38 bits per heavy atom. The number of carbonyl (C=O) groups excluding carboxylic acids is 1. The Bertz CT molecular complexity index is 150. The van der Waals surface area contributed by atoms with Crippen LogP contribution in [0.5, 0.6) is 0 Å². The molecule has 0 saturated heterocycles. The second-order valence-electron chi connectivity index (χ2n) is 3.02. The van der Waals surface area contributed by atoms with Gasteiger partial charge in [0.25, 0.3) is 0 Å². The summed E-state index contributed by atoms with van der Waals surface area (Å²) in [5.74, 6) is -0.740. The van der Waals surface area contributed by atoms with E-state index in [-0.39, 0.29) is 11.7 Å². The van der Waals surface area contributed by atoms with Crippen LogP contribution in [-0.2, 0) is 9.59 Å². The molecule has 0 aliphatic carbocycles. The van der Waals surface area contributed by atoms with Gasteiger partial charge in [0.2, 0.25) is 5.24 Å². The van der Waals surface area contributed by atoms with Crippen molar-refractivity contribution in [2.45, 2.75) is 44.9 Å². The standard InChI is InChI=1S/C9H15ClO3/c10-8(11)6-4-2-1-3-5-7-9(12)13/h1-7H2,(H,12,13). The van der Waals surface area contributed by atoms with E-state index in [2.05, 4.69) is 0 Å². The van der Waals surface area contributed by atoms with Crippen LogP contribution in [0, 0.1) is 0 Å². The zero-order valence-corrected chi connectivity index (χ0v) is 8.35. The van der Waals surface area contributed by atoms with Crippen LogP contribution in [0.2, 0.25) is 0 Å². The minimum Gasteiger partial charge on any atom is -0.481 e. The monoisotopic (exact) mass is 206 g/mol. The van der Waals surface area contributed by atoms with E-state index in [0.717, 1.165) is 32.1 Å². The normalized spacial score (nSPS) is 9.92. The van der Waals surface area contributed by atoms with Crippen molar-refractivity contribution in [1.29, 1.82) is 0 Å². The summed E-state index contributed by atoms with van der Waals surface area (Å²) in [5.41, 5.74) is 0. The van der Waals surface area contributed by atoms with Crippen molar-refractivity contribution in [2.24, 2.45) is 0 Å². The molecule has 13 heavy (non-hydrogen) atoms. The molecule has 0 bridgehead atoms. The molecule has 0 atom stereocenters. The molecule has 0 spiro atoms. The fourth-order valence-corrected chi connectivity index (χ4v) is 1.20. The van der Waals surface area contributed by atoms with Crippen molar-refractivity contribution in [1.82, 2.24) is 0 Å². The summed E-state index contributed by atoms with van der Waals surface area (Å²) in [6.07, 6.45) is 5.08. The second-order valence-corrected chi connectivity index (χ2v) is 3.44. The number of carbonyl (C=O) groups is 2. The average molecular weight is 207 g/mol. The van der Waals surface area contributed by atoms with Gasteiger partial charge in [-0.15, -0.1) is 0 Å². The maximum atomic E-state index is 10.3. The van der Waals surface area contributed by atoms with E-state index in [0.29, 0.717) is 6.42 Å². The van der Waals surface area contributed by atoms with Gasteiger partial charge >= 0.3 is 5.97 Å². The molecule has 0 rings (SSSR count). The number of hydrogen-bond acceptors (Lipinski definition) is 2. The van der Waals surface area contributed by atoms with Gasteiger partial charge in [-0.05, 0) is 24.4 Å². The molecule has 0 aliphatic rings. The zero-order chi connectivity index (χ0) is 10.1. The smallest absolute Gasteiger partial charge is 0.303 e. The molecular weight excluding hydrogens is 192 g/mol. The Balaban J connectivity index is 3.00. The first kappa shape index (κ1) is 12.4. The molecule has 0 fully saturated rings. The van der Waals surface area contributed by atoms with E-state index in [1.165, 1.54) is 0 Å². The molecule has 0 aromatic carbocycles.